The Kier molecular flexibility index (Phi) is 4.60. The van der Waals surface area contributed by atoms with Gasteiger partial charge in [0.2, 0.25) is 0 Å². The molecule has 3 heterocycles. The summed E-state index contributed by atoms with van der Waals surface area (Å²) >= 11 is 0. The van der Waals surface area contributed by atoms with Gasteiger partial charge >= 0.3 is 0 Å². The van der Waals surface area contributed by atoms with E-state index >= 15 is 0 Å². The van der Waals surface area contributed by atoms with Crippen molar-refractivity contribution in [3.63, 3.8) is 0 Å². The normalized spacial score (nSPS) is 15.8. The Labute approximate surface area is 176 Å². The molecule has 1 aliphatic carbocycles. The molecule has 1 saturated carbocycles. The highest BCUT2D eigenvalue weighted by Crippen LogP contribution is 2.44. The number of nitrogens with zero attached hydrogens (tertiary/aromatic N) is 6. The third kappa shape index (κ3) is 3.00. The zero-order chi connectivity index (χ0) is 20.7. The smallest absolute Gasteiger partial charge is 0.185 e. The second-order valence-corrected chi connectivity index (χ2v) is 8.44. The number of H-pyrrole nitrogens is 1. The molecule has 4 aromatic rings. The summed E-state index contributed by atoms with van der Waals surface area (Å²) in [5, 5.41) is 15.1. The van der Waals surface area contributed by atoms with Crippen LogP contribution in [0.5, 0.6) is 0 Å². The van der Waals surface area contributed by atoms with Gasteiger partial charge in [-0.1, -0.05) is 49.2 Å². The summed E-state index contributed by atoms with van der Waals surface area (Å²) in [4.78, 5) is 9.67. The Balaban J connectivity index is 1.50. The van der Waals surface area contributed by atoms with E-state index in [-0.39, 0.29) is 5.41 Å². The third-order valence-electron chi connectivity index (χ3n) is 6.49. The maximum Gasteiger partial charge on any atom is 0.185 e. The highest BCUT2D eigenvalue weighted by atomic mass is 15.5. The standard InChI is InChI=1S/C23H27N7/c1-4-19-25-20-15(2)13-16(3)24-21(20)30(19)14-17-7-9-18(10-8-17)23(11-5-6-12-23)22-26-28-29-27-22/h7-10,13H,4-6,11-12,14H2,1-3H3,(H,26,27,28,29). The zero-order valence-corrected chi connectivity index (χ0v) is 17.8. The molecule has 3 aromatic heterocycles. The number of tetrazole rings is 1. The van der Waals surface area contributed by atoms with Crippen LogP contribution in [0.1, 0.15) is 66.6 Å². The Morgan fingerprint density at radius 3 is 2.50 bits per heavy atom. The molecule has 5 rings (SSSR count). The van der Waals surface area contributed by atoms with Gasteiger partial charge < -0.3 is 4.57 Å². The van der Waals surface area contributed by atoms with Gasteiger partial charge in [-0.3, -0.25) is 0 Å². The molecular formula is C23H27N7. The van der Waals surface area contributed by atoms with Crippen molar-refractivity contribution in [1.29, 1.82) is 0 Å². The van der Waals surface area contributed by atoms with Crippen LogP contribution in [0.25, 0.3) is 11.2 Å². The first kappa shape index (κ1) is 18.9. The second kappa shape index (κ2) is 7.31. The van der Waals surface area contributed by atoms with Crippen LogP contribution in [0.3, 0.4) is 0 Å². The average molecular weight is 402 g/mol. The van der Waals surface area contributed by atoms with E-state index in [1.165, 1.54) is 29.5 Å². The van der Waals surface area contributed by atoms with E-state index in [4.69, 9.17) is 9.97 Å². The first-order chi connectivity index (χ1) is 14.6. The van der Waals surface area contributed by atoms with Gasteiger partial charge in [0.1, 0.15) is 11.3 Å². The molecule has 0 radical (unpaired) electrons. The van der Waals surface area contributed by atoms with Gasteiger partial charge in [0.05, 0.1) is 12.0 Å². The Bertz CT molecular complexity index is 1170. The molecule has 1 N–H and O–H groups in total. The average Bonchev–Trinajstić information content (AvgIpc) is 3.49. The molecule has 1 fully saturated rings. The van der Waals surface area contributed by atoms with Crippen molar-refractivity contribution in [2.45, 2.75) is 64.8 Å². The van der Waals surface area contributed by atoms with Gasteiger partial charge in [-0.05, 0) is 49.4 Å². The van der Waals surface area contributed by atoms with Crippen LogP contribution in [0.15, 0.2) is 30.3 Å². The second-order valence-electron chi connectivity index (χ2n) is 8.44. The van der Waals surface area contributed by atoms with Crippen molar-refractivity contribution >= 4 is 11.2 Å². The molecule has 30 heavy (non-hydrogen) atoms. The van der Waals surface area contributed by atoms with Gasteiger partial charge in [-0.15, -0.1) is 10.2 Å². The Morgan fingerprint density at radius 2 is 1.83 bits per heavy atom. The molecule has 1 aliphatic rings. The highest BCUT2D eigenvalue weighted by Gasteiger charge is 2.41. The summed E-state index contributed by atoms with van der Waals surface area (Å²) in [6.45, 7) is 7.08. The van der Waals surface area contributed by atoms with Crippen LogP contribution in [-0.4, -0.2) is 35.2 Å². The van der Waals surface area contributed by atoms with E-state index in [0.717, 1.165) is 54.3 Å². The van der Waals surface area contributed by atoms with Crippen LogP contribution < -0.4 is 0 Å². The summed E-state index contributed by atoms with van der Waals surface area (Å²) in [5.74, 6) is 1.89. The molecule has 0 unspecified atom stereocenters. The number of aromatic nitrogens is 7. The summed E-state index contributed by atoms with van der Waals surface area (Å²) in [5.41, 5.74) is 6.61. The minimum atomic E-state index is -0.114. The molecule has 0 amide bonds. The quantitative estimate of drug-likeness (QED) is 0.546. The number of aryl methyl sites for hydroxylation is 3. The number of imidazole rings is 1. The monoisotopic (exact) mass is 401 g/mol. The lowest BCUT2D eigenvalue weighted by atomic mass is 9.78. The van der Waals surface area contributed by atoms with Gasteiger partial charge in [-0.25, -0.2) is 9.97 Å². The predicted molar refractivity (Wildman–Crippen MR) is 115 cm³/mol. The number of nitrogens with one attached hydrogen (secondary N) is 1. The third-order valence-corrected chi connectivity index (χ3v) is 6.49. The molecule has 154 valence electrons. The number of aromatic amines is 1. The maximum atomic E-state index is 4.87. The molecule has 0 aliphatic heterocycles. The number of benzene rings is 1. The summed E-state index contributed by atoms with van der Waals surface area (Å²) in [6.07, 6.45) is 5.41. The lowest BCUT2D eigenvalue weighted by Gasteiger charge is -2.26. The van der Waals surface area contributed by atoms with Crippen molar-refractivity contribution in [3.8, 4) is 0 Å². The molecular weight excluding hydrogens is 374 g/mol. The molecule has 7 heteroatoms. The van der Waals surface area contributed by atoms with Crippen LogP contribution in [0.4, 0.5) is 0 Å². The molecule has 7 nitrogen and oxygen atoms in total. The largest absolute Gasteiger partial charge is 0.308 e. The Hall–Kier alpha value is -3.09. The summed E-state index contributed by atoms with van der Waals surface area (Å²) < 4.78 is 2.26. The molecule has 0 saturated heterocycles. The van der Waals surface area contributed by atoms with Crippen LogP contribution in [0, 0.1) is 13.8 Å². The summed E-state index contributed by atoms with van der Waals surface area (Å²) in [6, 6.07) is 11.0. The molecule has 0 bridgehead atoms. The van der Waals surface area contributed by atoms with Crippen molar-refractivity contribution in [2.24, 2.45) is 0 Å². The first-order valence-electron chi connectivity index (χ1n) is 10.8. The number of fused-ring (bicyclic) bond motifs is 1. The minimum absolute atomic E-state index is 0.114. The van der Waals surface area contributed by atoms with Crippen LogP contribution >= 0.6 is 0 Å². The van der Waals surface area contributed by atoms with Gasteiger partial charge in [-0.2, -0.15) is 5.21 Å². The number of rotatable bonds is 5. The van der Waals surface area contributed by atoms with Crippen molar-refractivity contribution in [2.75, 3.05) is 0 Å². The van der Waals surface area contributed by atoms with Crippen molar-refractivity contribution in [3.05, 3.63) is 64.4 Å². The molecule has 0 spiro atoms. The summed E-state index contributed by atoms with van der Waals surface area (Å²) in [7, 11) is 0. The van der Waals surface area contributed by atoms with Crippen molar-refractivity contribution in [1.82, 2.24) is 35.2 Å². The lowest BCUT2D eigenvalue weighted by Crippen LogP contribution is -2.25. The van der Waals surface area contributed by atoms with E-state index in [9.17, 15) is 0 Å². The van der Waals surface area contributed by atoms with Gasteiger partial charge in [0.25, 0.3) is 0 Å². The molecule has 1 aromatic carbocycles. The van der Waals surface area contributed by atoms with Gasteiger partial charge in [0, 0.05) is 12.1 Å². The van der Waals surface area contributed by atoms with E-state index < -0.39 is 0 Å². The van der Waals surface area contributed by atoms with Crippen LogP contribution in [-0.2, 0) is 18.4 Å². The number of hydrogen-bond acceptors (Lipinski definition) is 5. The van der Waals surface area contributed by atoms with E-state index in [2.05, 4.69) is 69.4 Å². The topological polar surface area (TPSA) is 85.2 Å². The predicted octanol–water partition coefficient (Wildman–Crippen LogP) is 4.03. The first-order valence-corrected chi connectivity index (χ1v) is 10.8. The lowest BCUT2D eigenvalue weighted by molar-refractivity contribution is 0.499. The van der Waals surface area contributed by atoms with Gasteiger partial charge in [0.15, 0.2) is 11.5 Å². The zero-order valence-electron chi connectivity index (χ0n) is 17.8. The highest BCUT2D eigenvalue weighted by molar-refractivity contribution is 5.76. The maximum absolute atomic E-state index is 4.87. The fourth-order valence-electron chi connectivity index (χ4n) is 4.98. The Morgan fingerprint density at radius 1 is 1.07 bits per heavy atom. The minimum Gasteiger partial charge on any atom is -0.308 e. The fraction of sp³-hybridized carbons (Fsp3) is 0.435. The fourth-order valence-corrected chi connectivity index (χ4v) is 4.98. The SMILES string of the molecule is CCc1nc2c(C)cc(C)nc2n1Cc1ccc(C2(c3nn[nH]n3)CCCC2)cc1. The number of pyridine rings is 1. The number of hydrogen-bond donors (Lipinski definition) is 1. The van der Waals surface area contributed by atoms with E-state index in [1.807, 2.05) is 6.92 Å². The van der Waals surface area contributed by atoms with E-state index in [0.29, 0.717) is 0 Å². The molecule has 0 atom stereocenters. The van der Waals surface area contributed by atoms with Crippen LogP contribution in [0.2, 0.25) is 0 Å². The van der Waals surface area contributed by atoms with E-state index in [1.54, 1.807) is 0 Å². The van der Waals surface area contributed by atoms with Crippen molar-refractivity contribution < 1.29 is 0 Å².